The molecule has 1 aromatic heterocycles. The van der Waals surface area contributed by atoms with Gasteiger partial charge in [-0.05, 0) is 30.0 Å². The lowest BCUT2D eigenvalue weighted by molar-refractivity contribution is -0.140. The summed E-state index contributed by atoms with van der Waals surface area (Å²) in [6.45, 7) is 5.00. The van der Waals surface area contributed by atoms with Crippen LogP contribution in [0.2, 0.25) is 0 Å². The van der Waals surface area contributed by atoms with Gasteiger partial charge in [-0.25, -0.2) is 4.39 Å². The van der Waals surface area contributed by atoms with Crippen molar-refractivity contribution in [1.82, 2.24) is 15.1 Å². The zero-order valence-corrected chi connectivity index (χ0v) is 13.4. The summed E-state index contributed by atoms with van der Waals surface area (Å²) < 4.78 is 14.6. The van der Waals surface area contributed by atoms with E-state index in [9.17, 15) is 14.3 Å². The average Bonchev–Trinajstić information content (AvgIpc) is 2.93. The van der Waals surface area contributed by atoms with Gasteiger partial charge in [-0.1, -0.05) is 26.0 Å². The number of carbonyl (C=O) groups is 1. The molecule has 0 bridgehead atoms. The number of benzene rings is 1. The van der Waals surface area contributed by atoms with Crippen molar-refractivity contribution in [1.29, 1.82) is 0 Å². The van der Waals surface area contributed by atoms with Gasteiger partial charge in [-0.15, -0.1) is 0 Å². The van der Waals surface area contributed by atoms with Crippen LogP contribution >= 0.6 is 0 Å². The summed E-state index contributed by atoms with van der Waals surface area (Å²) >= 11 is 0. The second kappa shape index (κ2) is 7.87. The van der Waals surface area contributed by atoms with Gasteiger partial charge >= 0.3 is 5.97 Å². The van der Waals surface area contributed by atoms with Crippen molar-refractivity contribution >= 4 is 5.97 Å². The predicted molar refractivity (Wildman–Crippen MR) is 85.4 cm³/mol. The topological polar surface area (TPSA) is 67.2 Å². The molecule has 124 valence electrons. The molecule has 2 aromatic rings. The van der Waals surface area contributed by atoms with Crippen molar-refractivity contribution < 1.29 is 14.3 Å². The van der Waals surface area contributed by atoms with E-state index in [4.69, 9.17) is 0 Å². The Morgan fingerprint density at radius 1 is 1.30 bits per heavy atom. The number of aliphatic carboxylic acids is 1. The first kappa shape index (κ1) is 17.1. The summed E-state index contributed by atoms with van der Waals surface area (Å²) in [6, 6.07) is 5.72. The van der Waals surface area contributed by atoms with Crippen molar-refractivity contribution in [2.45, 2.75) is 39.4 Å². The summed E-state index contributed by atoms with van der Waals surface area (Å²) in [5, 5.41) is 16.5. The number of carboxylic acid groups (broad SMARTS) is 1. The monoisotopic (exact) mass is 319 g/mol. The number of carboxylic acids is 1. The molecule has 0 radical (unpaired) electrons. The lowest BCUT2D eigenvalue weighted by Gasteiger charge is -2.15. The predicted octanol–water partition coefficient (Wildman–Crippen LogP) is 2.66. The fourth-order valence-electron chi connectivity index (χ4n) is 2.34. The van der Waals surface area contributed by atoms with Gasteiger partial charge in [-0.2, -0.15) is 5.10 Å². The highest BCUT2D eigenvalue weighted by molar-refractivity contribution is 5.73. The molecule has 1 aromatic carbocycles. The molecule has 0 unspecified atom stereocenters. The highest BCUT2D eigenvalue weighted by Gasteiger charge is 2.18. The molecule has 0 aliphatic carbocycles. The van der Waals surface area contributed by atoms with Crippen LogP contribution in [-0.2, 0) is 17.9 Å². The number of hydrogen-bond donors (Lipinski definition) is 2. The number of aromatic nitrogens is 2. The number of nitrogens with one attached hydrogen (secondary N) is 1. The van der Waals surface area contributed by atoms with E-state index in [0.717, 1.165) is 11.1 Å². The molecule has 0 fully saturated rings. The van der Waals surface area contributed by atoms with E-state index in [2.05, 4.69) is 10.4 Å². The fourth-order valence-corrected chi connectivity index (χ4v) is 2.34. The van der Waals surface area contributed by atoms with Crippen molar-refractivity contribution in [3.8, 4) is 0 Å². The summed E-state index contributed by atoms with van der Waals surface area (Å²) in [5.74, 6) is -0.786. The third-order valence-electron chi connectivity index (χ3n) is 3.50. The van der Waals surface area contributed by atoms with Crippen molar-refractivity contribution in [2.24, 2.45) is 5.92 Å². The average molecular weight is 319 g/mol. The molecular weight excluding hydrogens is 297 g/mol. The van der Waals surface area contributed by atoms with Crippen LogP contribution < -0.4 is 5.32 Å². The molecule has 1 heterocycles. The minimum absolute atomic E-state index is 0.260. The van der Waals surface area contributed by atoms with Gasteiger partial charge in [0.1, 0.15) is 11.9 Å². The molecule has 0 saturated heterocycles. The molecule has 23 heavy (non-hydrogen) atoms. The molecule has 2 rings (SSSR count). The van der Waals surface area contributed by atoms with E-state index in [1.165, 1.54) is 12.1 Å². The minimum Gasteiger partial charge on any atom is -0.480 e. The number of hydrogen-bond acceptors (Lipinski definition) is 3. The van der Waals surface area contributed by atoms with Crippen LogP contribution in [0, 0.1) is 11.7 Å². The van der Waals surface area contributed by atoms with Gasteiger partial charge in [0.2, 0.25) is 0 Å². The first-order chi connectivity index (χ1) is 10.9. The molecule has 0 aliphatic heterocycles. The first-order valence-electron chi connectivity index (χ1n) is 7.66. The SMILES string of the molecule is CC(C)C[C@H](NCc1cnn(Cc2ccc(F)cc2)c1)C(=O)O. The van der Waals surface area contributed by atoms with Gasteiger partial charge in [0, 0.05) is 18.3 Å². The maximum Gasteiger partial charge on any atom is 0.320 e. The second-order valence-electron chi connectivity index (χ2n) is 6.07. The lowest BCUT2D eigenvalue weighted by Crippen LogP contribution is -2.37. The molecular formula is C17H22FN3O2. The highest BCUT2D eigenvalue weighted by atomic mass is 19.1. The summed E-state index contributed by atoms with van der Waals surface area (Å²) in [7, 11) is 0. The summed E-state index contributed by atoms with van der Waals surface area (Å²) in [4.78, 5) is 11.2. The van der Waals surface area contributed by atoms with Gasteiger partial charge in [0.25, 0.3) is 0 Å². The Balaban J connectivity index is 1.91. The first-order valence-corrected chi connectivity index (χ1v) is 7.66. The van der Waals surface area contributed by atoms with Crippen LogP contribution in [0.1, 0.15) is 31.4 Å². The number of rotatable bonds is 8. The largest absolute Gasteiger partial charge is 0.480 e. The molecule has 0 aliphatic rings. The molecule has 5 nitrogen and oxygen atoms in total. The smallest absolute Gasteiger partial charge is 0.320 e. The Kier molecular flexibility index (Phi) is 5.87. The van der Waals surface area contributed by atoms with Crippen LogP contribution in [0.4, 0.5) is 4.39 Å². The third-order valence-corrected chi connectivity index (χ3v) is 3.50. The Morgan fingerprint density at radius 3 is 2.61 bits per heavy atom. The van der Waals surface area contributed by atoms with Gasteiger partial charge in [-0.3, -0.25) is 9.48 Å². The zero-order valence-electron chi connectivity index (χ0n) is 13.4. The zero-order chi connectivity index (χ0) is 16.8. The summed E-state index contributed by atoms with van der Waals surface area (Å²) in [5.41, 5.74) is 1.87. The Bertz CT molecular complexity index is 638. The second-order valence-corrected chi connectivity index (χ2v) is 6.07. The Morgan fingerprint density at radius 2 is 2.00 bits per heavy atom. The number of halogens is 1. The normalized spacial score (nSPS) is 12.5. The van der Waals surface area contributed by atoms with Crippen molar-refractivity contribution in [3.05, 3.63) is 53.6 Å². The molecule has 0 spiro atoms. The van der Waals surface area contributed by atoms with Crippen molar-refractivity contribution in [2.75, 3.05) is 0 Å². The van der Waals surface area contributed by atoms with E-state index in [0.29, 0.717) is 25.4 Å². The lowest BCUT2D eigenvalue weighted by atomic mass is 10.0. The number of nitrogens with zero attached hydrogens (tertiary/aromatic N) is 2. The van der Waals surface area contributed by atoms with E-state index in [1.807, 2.05) is 20.0 Å². The quantitative estimate of drug-likeness (QED) is 0.785. The Hall–Kier alpha value is -2.21. The maximum atomic E-state index is 12.9. The molecule has 0 saturated carbocycles. The van der Waals surface area contributed by atoms with E-state index < -0.39 is 12.0 Å². The Labute approximate surface area is 135 Å². The van der Waals surface area contributed by atoms with Crippen LogP contribution in [0.15, 0.2) is 36.7 Å². The molecule has 1 atom stereocenters. The van der Waals surface area contributed by atoms with Gasteiger partial charge in [0.05, 0.1) is 12.7 Å². The van der Waals surface area contributed by atoms with Crippen LogP contribution in [0.25, 0.3) is 0 Å². The molecule has 6 heteroatoms. The van der Waals surface area contributed by atoms with Gasteiger partial charge in [0.15, 0.2) is 0 Å². The van der Waals surface area contributed by atoms with Crippen molar-refractivity contribution in [3.63, 3.8) is 0 Å². The van der Waals surface area contributed by atoms with Gasteiger partial charge < -0.3 is 10.4 Å². The summed E-state index contributed by atoms with van der Waals surface area (Å²) in [6.07, 6.45) is 4.16. The van der Waals surface area contributed by atoms with E-state index >= 15 is 0 Å². The van der Waals surface area contributed by atoms with Crippen LogP contribution in [0.3, 0.4) is 0 Å². The van der Waals surface area contributed by atoms with Crippen LogP contribution in [0.5, 0.6) is 0 Å². The molecule has 0 amide bonds. The molecule has 2 N–H and O–H groups in total. The van der Waals surface area contributed by atoms with E-state index in [1.54, 1.807) is 23.0 Å². The minimum atomic E-state index is -0.836. The van der Waals surface area contributed by atoms with Crippen LogP contribution in [-0.4, -0.2) is 26.9 Å². The standard InChI is InChI=1S/C17H22FN3O2/c1-12(2)7-16(17(22)23)19-8-14-9-20-21(11-14)10-13-3-5-15(18)6-4-13/h3-6,9,11-12,16,19H,7-8,10H2,1-2H3,(H,22,23)/t16-/m0/s1. The maximum absolute atomic E-state index is 12.9. The third kappa shape index (κ3) is 5.49. The fraction of sp³-hybridized carbons (Fsp3) is 0.412. The van der Waals surface area contributed by atoms with E-state index in [-0.39, 0.29) is 5.82 Å². The highest BCUT2D eigenvalue weighted by Crippen LogP contribution is 2.08.